The number of hydrogen-bond donors (Lipinski definition) is 1. The van der Waals surface area contributed by atoms with E-state index < -0.39 is 5.91 Å². The third-order valence-corrected chi connectivity index (χ3v) is 5.06. The van der Waals surface area contributed by atoms with Crippen LogP contribution < -0.4 is 10.6 Å². The highest BCUT2D eigenvalue weighted by atomic mass is 32.1. The first kappa shape index (κ1) is 18.2. The van der Waals surface area contributed by atoms with Crippen molar-refractivity contribution >= 4 is 28.8 Å². The normalized spacial score (nSPS) is 11.9. The van der Waals surface area contributed by atoms with E-state index in [1.807, 2.05) is 17.9 Å². The lowest BCUT2D eigenvalue weighted by Gasteiger charge is -2.29. The predicted octanol–water partition coefficient (Wildman–Crippen LogP) is 4.00. The number of amides is 2. The predicted molar refractivity (Wildman–Crippen MR) is 99.5 cm³/mol. The van der Waals surface area contributed by atoms with Crippen molar-refractivity contribution in [3.63, 3.8) is 0 Å². The van der Waals surface area contributed by atoms with Crippen LogP contribution in [0.5, 0.6) is 0 Å². The molecule has 2 amide bonds. The van der Waals surface area contributed by atoms with E-state index in [9.17, 15) is 9.59 Å². The summed E-state index contributed by atoms with van der Waals surface area (Å²) in [5, 5.41) is 2.06. The van der Waals surface area contributed by atoms with Gasteiger partial charge in [0.15, 0.2) is 0 Å². The smallest absolute Gasteiger partial charge is 0.248 e. The molecule has 0 aliphatic rings. The van der Waals surface area contributed by atoms with Crippen molar-refractivity contribution in [3.8, 4) is 0 Å². The molecule has 0 fully saturated rings. The Bertz CT molecular complexity index is 665. The van der Waals surface area contributed by atoms with Gasteiger partial charge in [-0.25, -0.2) is 0 Å². The van der Waals surface area contributed by atoms with Crippen LogP contribution in [-0.2, 0) is 11.2 Å². The van der Waals surface area contributed by atoms with Crippen molar-refractivity contribution in [2.75, 3.05) is 4.90 Å². The second-order valence-electron chi connectivity index (χ2n) is 5.87. The first-order valence-corrected chi connectivity index (χ1v) is 9.15. The second-order valence-corrected chi connectivity index (χ2v) is 6.90. The standard InChI is InChI=1S/C19H24N2O2S/c1-3-14(2)21(16-11-9-15(10-12-16)19(20)23)18(22)8-4-6-17-7-5-13-24-17/h5,7,9-14H,3-4,6,8H2,1-2H3,(H2,20,23)/t14-/m0/s1. The summed E-state index contributed by atoms with van der Waals surface area (Å²) in [4.78, 5) is 27.1. The van der Waals surface area contributed by atoms with E-state index in [1.54, 1.807) is 35.6 Å². The van der Waals surface area contributed by atoms with Gasteiger partial charge < -0.3 is 10.6 Å². The fourth-order valence-corrected chi connectivity index (χ4v) is 3.35. The van der Waals surface area contributed by atoms with Gasteiger partial charge >= 0.3 is 0 Å². The average Bonchev–Trinajstić information content (AvgIpc) is 3.08. The molecule has 1 heterocycles. The Kier molecular flexibility index (Phi) is 6.55. The van der Waals surface area contributed by atoms with E-state index in [4.69, 9.17) is 5.73 Å². The minimum atomic E-state index is -0.459. The number of rotatable bonds is 8. The minimum absolute atomic E-state index is 0.110. The number of nitrogens with two attached hydrogens (primary N) is 1. The number of hydrogen-bond acceptors (Lipinski definition) is 3. The summed E-state index contributed by atoms with van der Waals surface area (Å²) in [5.74, 6) is -0.341. The van der Waals surface area contributed by atoms with Crippen molar-refractivity contribution in [1.29, 1.82) is 0 Å². The van der Waals surface area contributed by atoms with Crippen LogP contribution in [0.1, 0.15) is 48.3 Å². The molecule has 4 nitrogen and oxygen atoms in total. The van der Waals surface area contributed by atoms with E-state index in [2.05, 4.69) is 18.4 Å². The van der Waals surface area contributed by atoms with Gasteiger partial charge in [-0.3, -0.25) is 9.59 Å². The number of carbonyl (C=O) groups excluding carboxylic acids is 2. The van der Waals surface area contributed by atoms with Crippen LogP contribution in [0.3, 0.4) is 0 Å². The van der Waals surface area contributed by atoms with Crippen molar-refractivity contribution in [2.45, 2.75) is 45.6 Å². The van der Waals surface area contributed by atoms with Gasteiger partial charge in [-0.15, -0.1) is 11.3 Å². The molecular formula is C19H24N2O2S. The van der Waals surface area contributed by atoms with Gasteiger partial charge in [-0.1, -0.05) is 13.0 Å². The summed E-state index contributed by atoms with van der Waals surface area (Å²) < 4.78 is 0. The molecule has 5 heteroatoms. The second kappa shape index (κ2) is 8.64. The summed E-state index contributed by atoms with van der Waals surface area (Å²) in [6, 6.07) is 11.2. The molecule has 0 spiro atoms. The lowest BCUT2D eigenvalue weighted by molar-refractivity contribution is -0.119. The number of anilines is 1. The number of nitrogens with zero attached hydrogens (tertiary/aromatic N) is 1. The number of thiophene rings is 1. The van der Waals surface area contributed by atoms with Gasteiger partial charge in [0, 0.05) is 28.6 Å². The Morgan fingerprint density at radius 3 is 2.46 bits per heavy atom. The first-order valence-electron chi connectivity index (χ1n) is 8.27. The highest BCUT2D eigenvalue weighted by Gasteiger charge is 2.20. The topological polar surface area (TPSA) is 63.4 Å². The largest absolute Gasteiger partial charge is 0.366 e. The molecule has 0 radical (unpaired) electrons. The molecular weight excluding hydrogens is 320 g/mol. The number of benzene rings is 1. The Morgan fingerprint density at radius 1 is 1.21 bits per heavy atom. The molecule has 2 aromatic rings. The van der Waals surface area contributed by atoms with Crippen LogP contribution in [0.15, 0.2) is 41.8 Å². The lowest BCUT2D eigenvalue weighted by Crippen LogP contribution is -2.38. The van der Waals surface area contributed by atoms with Gasteiger partial charge in [0.1, 0.15) is 0 Å². The SMILES string of the molecule is CC[C@H](C)N(C(=O)CCCc1cccs1)c1ccc(C(N)=O)cc1. The van der Waals surface area contributed by atoms with Gasteiger partial charge in [-0.2, -0.15) is 0 Å². The fraction of sp³-hybridized carbons (Fsp3) is 0.368. The van der Waals surface area contributed by atoms with Crippen LogP contribution in [-0.4, -0.2) is 17.9 Å². The van der Waals surface area contributed by atoms with E-state index in [0.29, 0.717) is 12.0 Å². The monoisotopic (exact) mass is 344 g/mol. The first-order chi connectivity index (χ1) is 11.5. The van der Waals surface area contributed by atoms with Crippen molar-refractivity contribution in [2.24, 2.45) is 5.73 Å². The number of aryl methyl sites for hydroxylation is 1. The molecule has 0 saturated carbocycles. The van der Waals surface area contributed by atoms with Crippen LogP contribution in [0.2, 0.25) is 0 Å². The highest BCUT2D eigenvalue weighted by molar-refractivity contribution is 7.09. The summed E-state index contributed by atoms with van der Waals surface area (Å²) in [6.45, 7) is 4.10. The van der Waals surface area contributed by atoms with E-state index >= 15 is 0 Å². The maximum absolute atomic E-state index is 12.7. The van der Waals surface area contributed by atoms with Crippen molar-refractivity contribution < 1.29 is 9.59 Å². The zero-order chi connectivity index (χ0) is 17.5. The van der Waals surface area contributed by atoms with Crippen LogP contribution in [0.25, 0.3) is 0 Å². The van der Waals surface area contributed by atoms with Crippen molar-refractivity contribution in [1.82, 2.24) is 0 Å². The molecule has 1 aromatic heterocycles. The molecule has 24 heavy (non-hydrogen) atoms. The summed E-state index contributed by atoms with van der Waals surface area (Å²) in [5.41, 5.74) is 6.55. The molecule has 1 atom stereocenters. The minimum Gasteiger partial charge on any atom is -0.366 e. The molecule has 0 unspecified atom stereocenters. The van der Waals surface area contributed by atoms with Crippen LogP contribution >= 0.6 is 11.3 Å². The molecule has 2 N–H and O–H groups in total. The maximum atomic E-state index is 12.7. The lowest BCUT2D eigenvalue weighted by atomic mass is 10.1. The summed E-state index contributed by atoms with van der Waals surface area (Å²) in [6.07, 6.45) is 3.15. The maximum Gasteiger partial charge on any atom is 0.248 e. The summed E-state index contributed by atoms with van der Waals surface area (Å²) in [7, 11) is 0. The number of carbonyl (C=O) groups is 2. The third kappa shape index (κ3) is 4.68. The van der Waals surface area contributed by atoms with Gasteiger partial charge in [0.25, 0.3) is 0 Å². The van der Waals surface area contributed by atoms with E-state index in [-0.39, 0.29) is 11.9 Å². The third-order valence-electron chi connectivity index (χ3n) is 4.12. The van der Waals surface area contributed by atoms with E-state index in [1.165, 1.54) is 4.88 Å². The summed E-state index contributed by atoms with van der Waals surface area (Å²) >= 11 is 1.73. The van der Waals surface area contributed by atoms with Gasteiger partial charge in [0.05, 0.1) is 0 Å². The fourth-order valence-electron chi connectivity index (χ4n) is 2.60. The zero-order valence-corrected chi connectivity index (χ0v) is 15.0. The molecule has 0 aliphatic heterocycles. The Hall–Kier alpha value is -2.14. The quantitative estimate of drug-likeness (QED) is 0.786. The number of primary amides is 1. The molecule has 0 saturated heterocycles. The Labute approximate surface area is 147 Å². The van der Waals surface area contributed by atoms with Crippen LogP contribution in [0, 0.1) is 0 Å². The molecule has 1 aromatic carbocycles. The van der Waals surface area contributed by atoms with Crippen LogP contribution in [0.4, 0.5) is 5.69 Å². The highest BCUT2D eigenvalue weighted by Crippen LogP contribution is 2.22. The van der Waals surface area contributed by atoms with Gasteiger partial charge in [0.2, 0.25) is 11.8 Å². The van der Waals surface area contributed by atoms with Crippen molar-refractivity contribution in [3.05, 3.63) is 52.2 Å². The molecule has 128 valence electrons. The molecule has 2 rings (SSSR count). The Morgan fingerprint density at radius 2 is 1.92 bits per heavy atom. The molecule has 0 aliphatic carbocycles. The van der Waals surface area contributed by atoms with E-state index in [0.717, 1.165) is 24.9 Å². The zero-order valence-electron chi connectivity index (χ0n) is 14.2. The Balaban J connectivity index is 2.06. The average molecular weight is 344 g/mol. The van der Waals surface area contributed by atoms with Gasteiger partial charge in [-0.05, 0) is 61.9 Å². The molecule has 0 bridgehead atoms.